The summed E-state index contributed by atoms with van der Waals surface area (Å²) >= 11 is 5.76. The van der Waals surface area contributed by atoms with Crippen molar-refractivity contribution >= 4 is 17.3 Å². The second-order valence-electron chi connectivity index (χ2n) is 3.03. The molecule has 1 heterocycles. The molecule has 0 aliphatic rings. The molecule has 0 spiro atoms. The third-order valence-electron chi connectivity index (χ3n) is 1.67. The molecule has 0 fully saturated rings. The summed E-state index contributed by atoms with van der Waals surface area (Å²) < 4.78 is 1.15. The molecule has 5 nitrogen and oxygen atoms in total. The fourth-order valence-corrected chi connectivity index (χ4v) is 1.13. The van der Waals surface area contributed by atoms with Gasteiger partial charge < -0.3 is 10.4 Å². The van der Waals surface area contributed by atoms with Gasteiger partial charge in [-0.1, -0.05) is 11.6 Å². The van der Waals surface area contributed by atoms with Crippen molar-refractivity contribution in [3.63, 3.8) is 0 Å². The van der Waals surface area contributed by atoms with Crippen LogP contribution in [0, 0.1) is 0 Å². The largest absolute Gasteiger partial charge is 0.392 e. The molecular weight excluding hydrogens is 206 g/mol. The Balaban J connectivity index is 2.89. The number of anilines is 1. The second kappa shape index (κ2) is 4.43. The van der Waals surface area contributed by atoms with Crippen molar-refractivity contribution in [3.05, 3.63) is 21.6 Å². The van der Waals surface area contributed by atoms with E-state index in [9.17, 15) is 4.79 Å². The zero-order chi connectivity index (χ0) is 10.7. The van der Waals surface area contributed by atoms with Crippen molar-refractivity contribution in [1.82, 2.24) is 9.78 Å². The first-order valence-corrected chi connectivity index (χ1v) is 4.54. The van der Waals surface area contributed by atoms with Crippen LogP contribution < -0.4 is 10.9 Å². The first-order chi connectivity index (χ1) is 6.52. The molecule has 2 N–H and O–H groups in total. The zero-order valence-corrected chi connectivity index (χ0v) is 8.75. The number of halogens is 1. The molecule has 1 atom stereocenters. The normalized spacial score (nSPS) is 12.6. The Labute approximate surface area is 86.3 Å². The van der Waals surface area contributed by atoms with Crippen molar-refractivity contribution in [3.8, 4) is 0 Å². The van der Waals surface area contributed by atoms with Crippen LogP contribution in [-0.2, 0) is 7.05 Å². The van der Waals surface area contributed by atoms with Crippen LogP contribution in [0.25, 0.3) is 0 Å². The number of nitrogens with zero attached hydrogens (tertiary/aromatic N) is 2. The number of aromatic nitrogens is 2. The molecule has 1 aromatic heterocycles. The minimum absolute atomic E-state index is 0.0863. The highest BCUT2D eigenvalue weighted by atomic mass is 35.5. The molecule has 0 aliphatic heterocycles. The molecule has 0 amide bonds. The summed E-state index contributed by atoms with van der Waals surface area (Å²) in [6, 6.07) is 0. The Hall–Kier alpha value is -1.07. The fraction of sp³-hybridized carbons (Fsp3) is 0.500. The molecule has 78 valence electrons. The first-order valence-electron chi connectivity index (χ1n) is 4.16. The van der Waals surface area contributed by atoms with E-state index in [1.807, 2.05) is 0 Å². The van der Waals surface area contributed by atoms with Gasteiger partial charge in [0.1, 0.15) is 5.02 Å². The molecule has 6 heteroatoms. The quantitative estimate of drug-likeness (QED) is 0.761. The monoisotopic (exact) mass is 217 g/mol. The van der Waals surface area contributed by atoms with Gasteiger partial charge in [-0.3, -0.25) is 4.79 Å². The Morgan fingerprint density at radius 2 is 2.43 bits per heavy atom. The topological polar surface area (TPSA) is 67.2 Å². The Kier molecular flexibility index (Phi) is 3.49. The van der Waals surface area contributed by atoms with Gasteiger partial charge in [0.05, 0.1) is 18.0 Å². The van der Waals surface area contributed by atoms with Crippen molar-refractivity contribution in [2.45, 2.75) is 13.0 Å². The molecule has 0 aliphatic carbocycles. The zero-order valence-electron chi connectivity index (χ0n) is 7.99. The first kappa shape index (κ1) is 11.0. The Morgan fingerprint density at radius 1 is 1.79 bits per heavy atom. The SMILES string of the molecule is CC(O)CNc1cnn(C)c(=O)c1Cl. The van der Waals surface area contributed by atoms with E-state index in [2.05, 4.69) is 10.4 Å². The van der Waals surface area contributed by atoms with Crippen molar-refractivity contribution in [2.24, 2.45) is 7.05 Å². The van der Waals surface area contributed by atoms with Crippen LogP contribution in [0.5, 0.6) is 0 Å². The molecule has 1 rings (SSSR count). The molecular formula is C8H12ClN3O2. The molecule has 0 aromatic carbocycles. The summed E-state index contributed by atoms with van der Waals surface area (Å²) in [5.41, 5.74) is 0.0814. The Morgan fingerprint density at radius 3 is 3.00 bits per heavy atom. The second-order valence-corrected chi connectivity index (χ2v) is 3.41. The van der Waals surface area contributed by atoms with Crippen LogP contribution in [0.15, 0.2) is 11.0 Å². The molecule has 1 unspecified atom stereocenters. The maximum absolute atomic E-state index is 11.3. The van der Waals surface area contributed by atoms with Gasteiger partial charge in [-0.15, -0.1) is 0 Å². The fourth-order valence-electron chi connectivity index (χ4n) is 0.892. The predicted molar refractivity (Wildman–Crippen MR) is 54.7 cm³/mol. The van der Waals surface area contributed by atoms with Crippen LogP contribution >= 0.6 is 11.6 Å². The van der Waals surface area contributed by atoms with Gasteiger partial charge >= 0.3 is 0 Å². The maximum Gasteiger partial charge on any atom is 0.287 e. The lowest BCUT2D eigenvalue weighted by atomic mass is 10.4. The van der Waals surface area contributed by atoms with E-state index in [0.717, 1.165) is 4.68 Å². The molecule has 0 bridgehead atoms. The maximum atomic E-state index is 11.3. The minimum atomic E-state index is -0.505. The van der Waals surface area contributed by atoms with Crippen LogP contribution in [0.1, 0.15) is 6.92 Å². The minimum Gasteiger partial charge on any atom is -0.392 e. The van der Waals surface area contributed by atoms with E-state index >= 15 is 0 Å². The van der Waals surface area contributed by atoms with Gasteiger partial charge in [-0.05, 0) is 6.92 Å². The number of aliphatic hydroxyl groups excluding tert-OH is 1. The summed E-state index contributed by atoms with van der Waals surface area (Å²) in [6.07, 6.45) is 0.946. The molecule has 1 aromatic rings. The number of nitrogens with one attached hydrogen (secondary N) is 1. The predicted octanol–water partition coefficient (Wildman–Crippen LogP) is 0.226. The van der Waals surface area contributed by atoms with Crippen molar-refractivity contribution in [2.75, 3.05) is 11.9 Å². The van der Waals surface area contributed by atoms with Crippen LogP contribution in [-0.4, -0.2) is 27.5 Å². The molecule has 14 heavy (non-hydrogen) atoms. The van der Waals surface area contributed by atoms with Gasteiger partial charge in [0.15, 0.2) is 0 Å². The van der Waals surface area contributed by atoms with E-state index in [1.165, 1.54) is 13.2 Å². The lowest BCUT2D eigenvalue weighted by molar-refractivity contribution is 0.208. The van der Waals surface area contributed by atoms with Gasteiger partial charge in [0, 0.05) is 13.6 Å². The van der Waals surface area contributed by atoms with E-state index in [1.54, 1.807) is 6.92 Å². The summed E-state index contributed by atoms with van der Waals surface area (Å²) in [5.74, 6) is 0. The number of aliphatic hydroxyl groups is 1. The number of hydrogen-bond donors (Lipinski definition) is 2. The van der Waals surface area contributed by atoms with E-state index in [4.69, 9.17) is 16.7 Å². The van der Waals surface area contributed by atoms with E-state index in [0.29, 0.717) is 12.2 Å². The average Bonchev–Trinajstić information content (AvgIpc) is 2.13. The lowest BCUT2D eigenvalue weighted by Crippen LogP contribution is -2.23. The lowest BCUT2D eigenvalue weighted by Gasteiger charge is -2.09. The van der Waals surface area contributed by atoms with Crippen molar-refractivity contribution < 1.29 is 5.11 Å². The molecule has 0 saturated heterocycles. The highest BCUT2D eigenvalue weighted by Crippen LogP contribution is 2.14. The number of hydrogen-bond acceptors (Lipinski definition) is 4. The average molecular weight is 218 g/mol. The van der Waals surface area contributed by atoms with Crippen LogP contribution in [0.2, 0.25) is 5.02 Å². The van der Waals surface area contributed by atoms with Crippen LogP contribution in [0.4, 0.5) is 5.69 Å². The van der Waals surface area contributed by atoms with Gasteiger partial charge in [-0.2, -0.15) is 5.10 Å². The summed E-state index contributed by atoms with van der Waals surface area (Å²) in [6.45, 7) is 1.96. The van der Waals surface area contributed by atoms with E-state index < -0.39 is 6.10 Å². The third-order valence-corrected chi connectivity index (χ3v) is 2.03. The summed E-state index contributed by atoms with van der Waals surface area (Å²) in [5, 5.41) is 15.7. The summed E-state index contributed by atoms with van der Waals surface area (Å²) in [7, 11) is 1.52. The van der Waals surface area contributed by atoms with Gasteiger partial charge in [-0.25, -0.2) is 4.68 Å². The van der Waals surface area contributed by atoms with Gasteiger partial charge in [0.2, 0.25) is 0 Å². The standard InChI is InChI=1S/C8H12ClN3O2/c1-5(13)3-10-6-4-11-12(2)8(14)7(6)9/h4-5,10,13H,3H2,1-2H3. The Bertz CT molecular complexity index is 375. The van der Waals surface area contributed by atoms with Crippen LogP contribution in [0.3, 0.4) is 0 Å². The highest BCUT2D eigenvalue weighted by Gasteiger charge is 2.07. The number of rotatable bonds is 3. The van der Waals surface area contributed by atoms with Crippen molar-refractivity contribution in [1.29, 1.82) is 0 Å². The smallest absolute Gasteiger partial charge is 0.287 e. The number of aryl methyl sites for hydroxylation is 1. The molecule has 0 radical (unpaired) electrons. The van der Waals surface area contributed by atoms with E-state index in [-0.39, 0.29) is 10.6 Å². The van der Waals surface area contributed by atoms with Gasteiger partial charge in [0.25, 0.3) is 5.56 Å². The highest BCUT2D eigenvalue weighted by molar-refractivity contribution is 6.32. The summed E-state index contributed by atoms with van der Waals surface area (Å²) in [4.78, 5) is 11.3. The molecule has 0 saturated carbocycles. The third kappa shape index (κ3) is 2.46.